The van der Waals surface area contributed by atoms with E-state index < -0.39 is 0 Å². The predicted octanol–water partition coefficient (Wildman–Crippen LogP) is 5.00. The Kier molecular flexibility index (Phi) is 4.76. The lowest BCUT2D eigenvalue weighted by atomic mass is 9.74. The van der Waals surface area contributed by atoms with Crippen LogP contribution < -0.4 is 0 Å². The number of hydrogen-bond donors (Lipinski definition) is 0. The fourth-order valence-corrected chi connectivity index (χ4v) is 3.72. The van der Waals surface area contributed by atoms with Crippen molar-refractivity contribution in [2.45, 2.75) is 71.1 Å². The number of rotatable bonds is 5. The molecule has 0 heterocycles. The van der Waals surface area contributed by atoms with Gasteiger partial charge in [0.05, 0.1) is 0 Å². The second-order valence-corrected chi connectivity index (χ2v) is 5.74. The standard InChI is InChI=1S/C13H25Cl/c1-4-6-7-9-13(3)10-8-12(14)11(13)5-2/h11-12H,4-10H2,1-3H3. The maximum atomic E-state index is 6.38. The van der Waals surface area contributed by atoms with Gasteiger partial charge in [-0.2, -0.15) is 0 Å². The summed E-state index contributed by atoms with van der Waals surface area (Å²) in [6.07, 6.45) is 9.36. The van der Waals surface area contributed by atoms with Crippen LogP contribution in [0.4, 0.5) is 0 Å². The Hall–Kier alpha value is 0.290. The summed E-state index contributed by atoms with van der Waals surface area (Å²) in [6.45, 7) is 7.03. The number of halogens is 1. The van der Waals surface area contributed by atoms with E-state index in [-0.39, 0.29) is 0 Å². The van der Waals surface area contributed by atoms with Crippen LogP contribution in [0.3, 0.4) is 0 Å². The van der Waals surface area contributed by atoms with Crippen molar-refractivity contribution in [3.8, 4) is 0 Å². The Morgan fingerprint density at radius 3 is 2.57 bits per heavy atom. The van der Waals surface area contributed by atoms with Gasteiger partial charge >= 0.3 is 0 Å². The third-order valence-corrected chi connectivity index (χ3v) is 4.64. The van der Waals surface area contributed by atoms with E-state index in [1.54, 1.807) is 0 Å². The van der Waals surface area contributed by atoms with Crippen molar-refractivity contribution in [3.05, 3.63) is 0 Å². The molecule has 0 aromatic heterocycles. The molecule has 0 aliphatic heterocycles. The van der Waals surface area contributed by atoms with Gasteiger partial charge in [0.15, 0.2) is 0 Å². The summed E-state index contributed by atoms with van der Waals surface area (Å²) < 4.78 is 0. The molecule has 0 aromatic rings. The molecule has 0 nitrogen and oxygen atoms in total. The molecule has 0 bridgehead atoms. The third-order valence-electron chi connectivity index (χ3n) is 4.11. The minimum Gasteiger partial charge on any atom is -0.123 e. The minimum atomic E-state index is 0.451. The van der Waals surface area contributed by atoms with Crippen molar-refractivity contribution in [2.24, 2.45) is 11.3 Å². The molecule has 1 saturated carbocycles. The molecular weight excluding hydrogens is 192 g/mol. The van der Waals surface area contributed by atoms with E-state index in [0.717, 1.165) is 5.92 Å². The van der Waals surface area contributed by atoms with E-state index in [9.17, 15) is 0 Å². The van der Waals surface area contributed by atoms with Crippen LogP contribution in [-0.4, -0.2) is 5.38 Å². The molecule has 0 N–H and O–H groups in total. The number of unbranched alkanes of at least 4 members (excludes halogenated alkanes) is 2. The highest BCUT2D eigenvalue weighted by Gasteiger charge is 2.42. The summed E-state index contributed by atoms with van der Waals surface area (Å²) in [7, 11) is 0. The van der Waals surface area contributed by atoms with Gasteiger partial charge in [0, 0.05) is 5.38 Å². The van der Waals surface area contributed by atoms with Crippen LogP contribution >= 0.6 is 11.6 Å². The van der Waals surface area contributed by atoms with Crippen LogP contribution in [0.25, 0.3) is 0 Å². The summed E-state index contributed by atoms with van der Waals surface area (Å²) in [5.74, 6) is 0.765. The number of hydrogen-bond acceptors (Lipinski definition) is 0. The zero-order chi connectivity index (χ0) is 10.6. The molecule has 0 amide bonds. The van der Waals surface area contributed by atoms with Gasteiger partial charge in [0.2, 0.25) is 0 Å². The first-order valence-corrected chi connectivity index (χ1v) is 6.71. The summed E-state index contributed by atoms with van der Waals surface area (Å²) >= 11 is 6.38. The average molecular weight is 217 g/mol. The fraction of sp³-hybridized carbons (Fsp3) is 1.00. The van der Waals surface area contributed by atoms with Crippen LogP contribution in [0.15, 0.2) is 0 Å². The molecule has 84 valence electrons. The summed E-state index contributed by atoms with van der Waals surface area (Å²) in [6, 6.07) is 0. The average Bonchev–Trinajstić information content (AvgIpc) is 2.43. The van der Waals surface area contributed by atoms with Gasteiger partial charge < -0.3 is 0 Å². The van der Waals surface area contributed by atoms with E-state index in [0.29, 0.717) is 10.8 Å². The van der Waals surface area contributed by atoms with Crippen LogP contribution in [0, 0.1) is 11.3 Å². The lowest BCUT2D eigenvalue weighted by molar-refractivity contribution is 0.199. The molecule has 0 saturated heterocycles. The first-order chi connectivity index (χ1) is 6.64. The molecule has 3 atom stereocenters. The molecule has 0 radical (unpaired) electrons. The summed E-state index contributed by atoms with van der Waals surface area (Å²) in [4.78, 5) is 0. The third kappa shape index (κ3) is 2.66. The molecule has 1 heteroatoms. The minimum absolute atomic E-state index is 0.451. The number of alkyl halides is 1. The molecule has 0 aromatic carbocycles. The van der Waals surface area contributed by atoms with Gasteiger partial charge in [-0.05, 0) is 30.6 Å². The van der Waals surface area contributed by atoms with Gasteiger partial charge in [-0.3, -0.25) is 0 Å². The van der Waals surface area contributed by atoms with E-state index in [1.807, 2.05) is 0 Å². The van der Waals surface area contributed by atoms with Crippen LogP contribution in [0.1, 0.15) is 65.7 Å². The Bertz CT molecular complexity index is 167. The van der Waals surface area contributed by atoms with Crippen molar-refractivity contribution in [1.82, 2.24) is 0 Å². The van der Waals surface area contributed by atoms with Crippen molar-refractivity contribution in [1.29, 1.82) is 0 Å². The lowest BCUT2D eigenvalue weighted by Gasteiger charge is -2.32. The quantitative estimate of drug-likeness (QED) is 0.448. The first-order valence-electron chi connectivity index (χ1n) is 6.28. The molecular formula is C13H25Cl. The van der Waals surface area contributed by atoms with E-state index >= 15 is 0 Å². The Labute approximate surface area is 94.4 Å². The summed E-state index contributed by atoms with van der Waals surface area (Å²) in [5, 5.41) is 0.451. The van der Waals surface area contributed by atoms with Crippen molar-refractivity contribution in [3.63, 3.8) is 0 Å². The van der Waals surface area contributed by atoms with Crippen LogP contribution in [0.5, 0.6) is 0 Å². The van der Waals surface area contributed by atoms with Gasteiger partial charge in [-0.25, -0.2) is 0 Å². The van der Waals surface area contributed by atoms with Crippen LogP contribution in [0.2, 0.25) is 0 Å². The Morgan fingerprint density at radius 2 is 2.00 bits per heavy atom. The Balaban J connectivity index is 2.46. The highest BCUT2D eigenvalue weighted by atomic mass is 35.5. The monoisotopic (exact) mass is 216 g/mol. The zero-order valence-corrected chi connectivity index (χ0v) is 10.7. The predicted molar refractivity (Wildman–Crippen MR) is 64.9 cm³/mol. The SMILES string of the molecule is CCCCCC1(C)CCC(Cl)C1CC. The molecule has 1 aliphatic rings. The van der Waals surface area contributed by atoms with Gasteiger partial charge in [0.1, 0.15) is 0 Å². The normalized spacial score (nSPS) is 37.7. The van der Waals surface area contributed by atoms with Crippen LogP contribution in [-0.2, 0) is 0 Å². The molecule has 0 spiro atoms. The zero-order valence-electron chi connectivity index (χ0n) is 9.98. The largest absolute Gasteiger partial charge is 0.123 e. The molecule has 3 unspecified atom stereocenters. The highest BCUT2D eigenvalue weighted by Crippen LogP contribution is 2.50. The smallest absolute Gasteiger partial charge is 0.0369 e. The Morgan fingerprint density at radius 1 is 1.29 bits per heavy atom. The molecule has 1 aliphatic carbocycles. The highest BCUT2D eigenvalue weighted by molar-refractivity contribution is 6.21. The fourth-order valence-electron chi connectivity index (χ4n) is 3.13. The summed E-state index contributed by atoms with van der Waals surface area (Å²) in [5.41, 5.74) is 0.552. The van der Waals surface area contributed by atoms with E-state index in [4.69, 9.17) is 11.6 Å². The van der Waals surface area contributed by atoms with Crippen molar-refractivity contribution in [2.75, 3.05) is 0 Å². The van der Waals surface area contributed by atoms with Gasteiger partial charge in [-0.15, -0.1) is 11.6 Å². The maximum Gasteiger partial charge on any atom is 0.0369 e. The van der Waals surface area contributed by atoms with Gasteiger partial charge in [-0.1, -0.05) is 46.5 Å². The van der Waals surface area contributed by atoms with E-state index in [1.165, 1.54) is 44.9 Å². The molecule has 14 heavy (non-hydrogen) atoms. The lowest BCUT2D eigenvalue weighted by Crippen LogP contribution is -2.25. The molecule has 1 rings (SSSR count). The topological polar surface area (TPSA) is 0 Å². The van der Waals surface area contributed by atoms with Gasteiger partial charge in [0.25, 0.3) is 0 Å². The van der Waals surface area contributed by atoms with Crippen molar-refractivity contribution < 1.29 is 0 Å². The van der Waals surface area contributed by atoms with E-state index in [2.05, 4.69) is 20.8 Å². The second-order valence-electron chi connectivity index (χ2n) is 5.18. The maximum absolute atomic E-state index is 6.38. The van der Waals surface area contributed by atoms with Crippen molar-refractivity contribution >= 4 is 11.6 Å². The second kappa shape index (κ2) is 5.39. The molecule has 1 fully saturated rings. The first kappa shape index (κ1) is 12.4.